The minimum Gasteiger partial charge on any atom is -0.383 e. The molecule has 38 heavy (non-hydrogen) atoms. The molecule has 1 aliphatic heterocycles. The maximum absolute atomic E-state index is 15.2. The van der Waals surface area contributed by atoms with Crippen molar-refractivity contribution < 1.29 is 27.9 Å². The fraction of sp³-hybridized carbons (Fsp3) is 0.483. The zero-order valence-corrected chi connectivity index (χ0v) is 22.2. The molecule has 9 heteroatoms. The molecule has 3 amide bonds. The third kappa shape index (κ3) is 5.57. The molecule has 0 saturated carbocycles. The molecule has 3 atom stereocenters. The largest absolute Gasteiger partial charge is 0.383 e. The van der Waals surface area contributed by atoms with Gasteiger partial charge in [-0.3, -0.25) is 14.4 Å². The summed E-state index contributed by atoms with van der Waals surface area (Å²) in [5, 5.41) is 2.93. The molecular formula is C29H35F2N3O4. The number of rotatable bonds is 9. The number of hydrogen-bond donors (Lipinski definition) is 1. The molecule has 2 unspecified atom stereocenters. The number of hydrogen-bond acceptors (Lipinski definition) is 4. The Hall–Kier alpha value is -3.33. The Morgan fingerprint density at radius 3 is 2.37 bits per heavy atom. The van der Waals surface area contributed by atoms with Crippen LogP contribution in [0.3, 0.4) is 0 Å². The van der Waals surface area contributed by atoms with E-state index in [1.807, 2.05) is 38.1 Å². The van der Waals surface area contributed by atoms with Crippen LogP contribution < -0.4 is 5.32 Å². The molecule has 0 bridgehead atoms. The summed E-state index contributed by atoms with van der Waals surface area (Å²) in [5.41, 5.74) is 2.09. The average molecular weight is 528 g/mol. The normalized spacial score (nSPS) is 20.4. The van der Waals surface area contributed by atoms with Crippen molar-refractivity contribution in [2.24, 2.45) is 11.8 Å². The molecule has 1 fully saturated rings. The van der Waals surface area contributed by atoms with Crippen LogP contribution in [0.4, 0.5) is 8.78 Å². The molecular weight excluding hydrogens is 492 g/mol. The molecule has 204 valence electrons. The summed E-state index contributed by atoms with van der Waals surface area (Å²) in [6.07, 6.45) is 1.49. The second kappa shape index (κ2) is 11.6. The number of piperazine rings is 1. The minimum absolute atomic E-state index is 0.00775. The SMILES string of the molecule is COCCN(C)C(=O)C(c1ccc(F)cc1F)N1C(=O)[C@@H](C2Cc3ccccc3C2)NC(=O)C1CC(C)C. The maximum atomic E-state index is 15.2. The molecule has 0 aromatic heterocycles. The Labute approximate surface area is 222 Å². The molecule has 2 aromatic carbocycles. The van der Waals surface area contributed by atoms with Crippen molar-refractivity contribution in [1.29, 1.82) is 0 Å². The first kappa shape index (κ1) is 27.7. The van der Waals surface area contributed by atoms with Crippen LogP contribution in [0.5, 0.6) is 0 Å². The summed E-state index contributed by atoms with van der Waals surface area (Å²) in [6.45, 7) is 4.25. The van der Waals surface area contributed by atoms with Gasteiger partial charge in [0.2, 0.25) is 17.7 Å². The van der Waals surface area contributed by atoms with E-state index in [1.165, 1.54) is 30.0 Å². The van der Waals surface area contributed by atoms with Gasteiger partial charge >= 0.3 is 0 Å². The summed E-state index contributed by atoms with van der Waals surface area (Å²) < 4.78 is 34.2. The van der Waals surface area contributed by atoms with E-state index < -0.39 is 41.6 Å². The van der Waals surface area contributed by atoms with Crippen LogP contribution in [-0.4, -0.2) is 66.9 Å². The van der Waals surface area contributed by atoms with Gasteiger partial charge in [0.05, 0.1) is 6.61 Å². The Bertz CT molecular complexity index is 1180. The first-order valence-corrected chi connectivity index (χ1v) is 13.0. The van der Waals surface area contributed by atoms with Crippen molar-refractivity contribution >= 4 is 17.7 Å². The number of ether oxygens (including phenoxy) is 1. The monoisotopic (exact) mass is 527 g/mol. The predicted octanol–water partition coefficient (Wildman–Crippen LogP) is 3.27. The Morgan fingerprint density at radius 2 is 1.79 bits per heavy atom. The van der Waals surface area contributed by atoms with E-state index >= 15 is 4.39 Å². The highest BCUT2D eigenvalue weighted by molar-refractivity contribution is 6.00. The highest BCUT2D eigenvalue weighted by Gasteiger charge is 2.50. The van der Waals surface area contributed by atoms with E-state index in [-0.39, 0.29) is 42.9 Å². The molecule has 2 aromatic rings. The first-order chi connectivity index (χ1) is 18.1. The number of carbonyl (C=O) groups is 3. The second-order valence-electron chi connectivity index (χ2n) is 10.6. The van der Waals surface area contributed by atoms with Crippen molar-refractivity contribution in [1.82, 2.24) is 15.1 Å². The highest BCUT2D eigenvalue weighted by atomic mass is 19.1. The molecule has 0 radical (unpaired) electrons. The minimum atomic E-state index is -1.44. The van der Waals surface area contributed by atoms with Gasteiger partial charge in [-0.1, -0.05) is 44.2 Å². The van der Waals surface area contributed by atoms with Crippen LogP contribution in [0.15, 0.2) is 42.5 Å². The Kier molecular flexibility index (Phi) is 8.45. The zero-order chi connectivity index (χ0) is 27.6. The van der Waals surface area contributed by atoms with Gasteiger partial charge in [-0.25, -0.2) is 8.78 Å². The van der Waals surface area contributed by atoms with Gasteiger partial charge in [0.15, 0.2) is 0 Å². The van der Waals surface area contributed by atoms with E-state index in [4.69, 9.17) is 4.74 Å². The quantitative estimate of drug-likeness (QED) is 0.543. The van der Waals surface area contributed by atoms with Gasteiger partial charge in [-0.05, 0) is 48.3 Å². The number of nitrogens with zero attached hydrogens (tertiary/aromatic N) is 2. The zero-order valence-electron chi connectivity index (χ0n) is 22.2. The summed E-state index contributed by atoms with van der Waals surface area (Å²) >= 11 is 0. The second-order valence-corrected chi connectivity index (χ2v) is 10.6. The molecule has 0 spiro atoms. The third-order valence-corrected chi connectivity index (χ3v) is 7.48. The number of amides is 3. The van der Waals surface area contributed by atoms with Crippen LogP contribution in [0, 0.1) is 23.5 Å². The maximum Gasteiger partial charge on any atom is 0.249 e. The lowest BCUT2D eigenvalue weighted by molar-refractivity contribution is -0.160. The molecule has 1 heterocycles. The summed E-state index contributed by atoms with van der Waals surface area (Å²) in [7, 11) is 3.03. The van der Waals surface area contributed by atoms with Crippen LogP contribution in [0.25, 0.3) is 0 Å². The van der Waals surface area contributed by atoms with E-state index in [1.54, 1.807) is 0 Å². The molecule has 2 aliphatic rings. The van der Waals surface area contributed by atoms with Gasteiger partial charge in [-0.2, -0.15) is 0 Å². The van der Waals surface area contributed by atoms with Crippen molar-refractivity contribution in [3.05, 3.63) is 70.8 Å². The topological polar surface area (TPSA) is 79.0 Å². The summed E-state index contributed by atoms with van der Waals surface area (Å²) in [4.78, 5) is 44.3. The third-order valence-electron chi connectivity index (χ3n) is 7.48. The number of fused-ring (bicyclic) bond motifs is 1. The van der Waals surface area contributed by atoms with Crippen molar-refractivity contribution in [3.8, 4) is 0 Å². The van der Waals surface area contributed by atoms with Gasteiger partial charge in [0.1, 0.15) is 29.8 Å². The lowest BCUT2D eigenvalue weighted by Gasteiger charge is -2.45. The Morgan fingerprint density at radius 1 is 1.13 bits per heavy atom. The number of benzene rings is 2. The lowest BCUT2D eigenvalue weighted by atomic mass is 9.87. The Balaban J connectivity index is 1.78. The van der Waals surface area contributed by atoms with Crippen molar-refractivity contribution in [2.75, 3.05) is 27.3 Å². The van der Waals surface area contributed by atoms with Crippen LogP contribution in [-0.2, 0) is 32.0 Å². The molecule has 4 rings (SSSR count). The van der Waals surface area contributed by atoms with Gasteiger partial charge in [-0.15, -0.1) is 0 Å². The first-order valence-electron chi connectivity index (χ1n) is 13.0. The number of likely N-dealkylation sites (N-methyl/N-ethyl adjacent to an activating group) is 1. The summed E-state index contributed by atoms with van der Waals surface area (Å²) in [6, 6.07) is 7.54. The van der Waals surface area contributed by atoms with Gasteiger partial charge < -0.3 is 19.9 Å². The molecule has 1 N–H and O–H groups in total. The van der Waals surface area contributed by atoms with E-state index in [0.29, 0.717) is 18.9 Å². The van der Waals surface area contributed by atoms with Crippen LogP contribution >= 0.6 is 0 Å². The van der Waals surface area contributed by atoms with Gasteiger partial charge in [0, 0.05) is 32.3 Å². The number of halogens is 2. The van der Waals surface area contributed by atoms with Crippen molar-refractivity contribution in [3.63, 3.8) is 0 Å². The molecule has 7 nitrogen and oxygen atoms in total. The highest BCUT2D eigenvalue weighted by Crippen LogP contribution is 2.36. The number of methoxy groups -OCH3 is 1. The predicted molar refractivity (Wildman–Crippen MR) is 138 cm³/mol. The summed E-state index contributed by atoms with van der Waals surface area (Å²) in [5.74, 6) is -3.32. The van der Waals surface area contributed by atoms with E-state index in [0.717, 1.165) is 17.2 Å². The number of carbonyl (C=O) groups excluding carboxylic acids is 3. The average Bonchev–Trinajstić information content (AvgIpc) is 3.31. The fourth-order valence-corrected chi connectivity index (χ4v) is 5.55. The van der Waals surface area contributed by atoms with Crippen LogP contribution in [0.1, 0.15) is 43.0 Å². The van der Waals surface area contributed by atoms with E-state index in [9.17, 15) is 18.8 Å². The lowest BCUT2D eigenvalue weighted by Crippen LogP contribution is -2.67. The van der Waals surface area contributed by atoms with E-state index in [2.05, 4.69) is 5.32 Å². The number of nitrogens with one attached hydrogen (secondary N) is 1. The smallest absolute Gasteiger partial charge is 0.249 e. The fourth-order valence-electron chi connectivity index (χ4n) is 5.55. The molecule has 1 aliphatic carbocycles. The van der Waals surface area contributed by atoms with Crippen molar-refractivity contribution in [2.45, 2.75) is 51.2 Å². The standard InChI is InChI=1S/C29H35F2N3O4/c1-17(2)13-24-27(35)32-25(20-14-18-7-5-6-8-19(18)15-20)28(36)34(24)26(29(37)33(3)11-12-38-4)22-10-9-21(30)16-23(22)31/h5-10,16-17,20,24-26H,11-15H2,1-4H3,(H,32,35)/t24?,25-,26?/m1/s1. The van der Waals surface area contributed by atoms with Gasteiger partial charge in [0.25, 0.3) is 0 Å². The molecule has 1 saturated heterocycles. The van der Waals surface area contributed by atoms with Crippen LogP contribution in [0.2, 0.25) is 0 Å².